The van der Waals surface area contributed by atoms with E-state index in [1.54, 1.807) is 12.1 Å². The van der Waals surface area contributed by atoms with E-state index in [0.29, 0.717) is 5.39 Å². The van der Waals surface area contributed by atoms with Gasteiger partial charge >= 0.3 is 0 Å². The zero-order valence-corrected chi connectivity index (χ0v) is 13.9. The summed E-state index contributed by atoms with van der Waals surface area (Å²) in [5.74, 6) is -4.79. The normalized spacial score (nSPS) is 11.2. The highest BCUT2D eigenvalue weighted by Crippen LogP contribution is 2.31. The van der Waals surface area contributed by atoms with Gasteiger partial charge in [-0.25, -0.2) is 17.6 Å². The summed E-state index contributed by atoms with van der Waals surface area (Å²) in [6.07, 6.45) is 4.29. The number of hydrogen-bond acceptors (Lipinski definition) is 0. The number of rotatable bonds is 5. The summed E-state index contributed by atoms with van der Waals surface area (Å²) in [5, 5.41) is 1.11. The first-order chi connectivity index (χ1) is 12.0. The summed E-state index contributed by atoms with van der Waals surface area (Å²) in [7, 11) is 0. The predicted octanol–water partition coefficient (Wildman–Crippen LogP) is 6.80. The zero-order valence-electron chi connectivity index (χ0n) is 13.9. The molecule has 0 amide bonds. The molecule has 3 aromatic carbocycles. The molecule has 130 valence electrons. The molecule has 0 saturated heterocycles. The molecule has 0 spiro atoms. The first-order valence-corrected chi connectivity index (χ1v) is 8.37. The van der Waals surface area contributed by atoms with Crippen LogP contribution in [0.15, 0.2) is 42.5 Å². The quantitative estimate of drug-likeness (QED) is 0.271. The van der Waals surface area contributed by atoms with Gasteiger partial charge in [-0.15, -0.1) is 0 Å². The molecule has 0 radical (unpaired) electrons. The number of hydrogen-bond donors (Lipinski definition) is 0. The van der Waals surface area contributed by atoms with Crippen molar-refractivity contribution in [1.82, 2.24) is 0 Å². The van der Waals surface area contributed by atoms with Crippen LogP contribution in [0.5, 0.6) is 0 Å². The number of aryl methyl sites for hydroxylation is 1. The highest BCUT2D eigenvalue weighted by atomic mass is 19.2. The molecule has 3 aromatic rings. The van der Waals surface area contributed by atoms with Gasteiger partial charge in [-0.1, -0.05) is 50.1 Å². The third-order valence-corrected chi connectivity index (χ3v) is 4.38. The summed E-state index contributed by atoms with van der Waals surface area (Å²) in [6.45, 7) is 2.14. The number of unbranched alkanes of at least 4 members (excludes halogenated alkanes) is 2. The predicted molar refractivity (Wildman–Crippen MR) is 92.4 cm³/mol. The summed E-state index contributed by atoms with van der Waals surface area (Å²) in [4.78, 5) is 0. The minimum Gasteiger partial charge on any atom is -0.206 e. The van der Waals surface area contributed by atoms with Crippen LogP contribution in [0.4, 0.5) is 17.6 Å². The maximum absolute atomic E-state index is 14.8. The van der Waals surface area contributed by atoms with Crippen molar-refractivity contribution in [3.05, 3.63) is 71.3 Å². The molecule has 25 heavy (non-hydrogen) atoms. The second-order valence-electron chi connectivity index (χ2n) is 6.19. The van der Waals surface area contributed by atoms with Gasteiger partial charge in [0.15, 0.2) is 17.5 Å². The average molecular weight is 346 g/mol. The molecule has 0 aliphatic carbocycles. The second-order valence-corrected chi connectivity index (χ2v) is 6.19. The highest BCUT2D eigenvalue weighted by Gasteiger charge is 2.15. The van der Waals surface area contributed by atoms with Crippen molar-refractivity contribution in [3.63, 3.8) is 0 Å². The van der Waals surface area contributed by atoms with Crippen LogP contribution in [0.1, 0.15) is 31.7 Å². The van der Waals surface area contributed by atoms with Crippen molar-refractivity contribution < 1.29 is 17.6 Å². The van der Waals surface area contributed by atoms with Crippen LogP contribution in [-0.4, -0.2) is 0 Å². The lowest BCUT2D eigenvalue weighted by molar-refractivity contribution is 0.447. The number of fused-ring (bicyclic) bond motifs is 1. The van der Waals surface area contributed by atoms with E-state index >= 15 is 0 Å². The fourth-order valence-electron chi connectivity index (χ4n) is 3.01. The third kappa shape index (κ3) is 3.53. The molecule has 0 unspecified atom stereocenters. The molecule has 0 bridgehead atoms. The average Bonchev–Trinajstić information content (AvgIpc) is 2.60. The minimum atomic E-state index is -1.55. The smallest absolute Gasteiger partial charge is 0.194 e. The van der Waals surface area contributed by atoms with Gasteiger partial charge in [-0.2, -0.15) is 0 Å². The van der Waals surface area contributed by atoms with Gasteiger partial charge in [0, 0.05) is 10.9 Å². The van der Waals surface area contributed by atoms with Gasteiger partial charge in [0.05, 0.1) is 0 Å². The van der Waals surface area contributed by atoms with Crippen LogP contribution in [-0.2, 0) is 6.42 Å². The fraction of sp³-hybridized carbons (Fsp3) is 0.238. The van der Waals surface area contributed by atoms with Gasteiger partial charge in [0.2, 0.25) is 0 Å². The van der Waals surface area contributed by atoms with E-state index < -0.39 is 23.3 Å². The monoisotopic (exact) mass is 346 g/mol. The molecule has 0 aliphatic heterocycles. The largest absolute Gasteiger partial charge is 0.206 e. The summed E-state index contributed by atoms with van der Waals surface area (Å²) >= 11 is 0. The molecular formula is C21H18F4. The van der Waals surface area contributed by atoms with Crippen molar-refractivity contribution >= 4 is 10.8 Å². The first kappa shape index (κ1) is 17.5. The zero-order chi connectivity index (χ0) is 18.0. The lowest BCUT2D eigenvalue weighted by Crippen LogP contribution is -1.94. The first-order valence-electron chi connectivity index (χ1n) is 8.37. The molecule has 0 nitrogen and oxygen atoms in total. The molecular weight excluding hydrogens is 328 g/mol. The van der Waals surface area contributed by atoms with Crippen molar-refractivity contribution in [1.29, 1.82) is 0 Å². The molecule has 0 fully saturated rings. The second kappa shape index (κ2) is 7.26. The van der Waals surface area contributed by atoms with E-state index in [2.05, 4.69) is 6.92 Å². The van der Waals surface area contributed by atoms with E-state index in [9.17, 15) is 17.6 Å². The fourth-order valence-corrected chi connectivity index (χ4v) is 3.01. The summed E-state index contributed by atoms with van der Waals surface area (Å²) < 4.78 is 54.8. The Labute approximate surface area is 144 Å². The Bertz CT molecular complexity index is 892. The van der Waals surface area contributed by atoms with Crippen molar-refractivity contribution in [2.24, 2.45) is 0 Å². The molecule has 4 heteroatoms. The van der Waals surface area contributed by atoms with Gasteiger partial charge in [-0.3, -0.25) is 0 Å². The molecule has 3 rings (SSSR count). The Morgan fingerprint density at radius 1 is 0.760 bits per heavy atom. The number of benzene rings is 3. The van der Waals surface area contributed by atoms with Gasteiger partial charge in [-0.05, 0) is 41.5 Å². The molecule has 0 aliphatic rings. The summed E-state index contributed by atoms with van der Waals surface area (Å²) in [5.41, 5.74) is 1.15. The van der Waals surface area contributed by atoms with E-state index in [1.807, 2.05) is 12.1 Å². The molecule has 0 heterocycles. The Balaban J connectivity index is 2.01. The van der Waals surface area contributed by atoms with Crippen molar-refractivity contribution in [2.75, 3.05) is 0 Å². The van der Waals surface area contributed by atoms with E-state index in [0.717, 1.165) is 48.8 Å². The Morgan fingerprint density at radius 3 is 2.16 bits per heavy atom. The van der Waals surface area contributed by atoms with E-state index in [4.69, 9.17) is 0 Å². The summed E-state index contributed by atoms with van der Waals surface area (Å²) in [6, 6.07) is 10.3. The maximum atomic E-state index is 14.8. The lowest BCUT2D eigenvalue weighted by atomic mass is 9.97. The minimum absolute atomic E-state index is 0.0252. The van der Waals surface area contributed by atoms with Crippen LogP contribution in [0.25, 0.3) is 21.9 Å². The Kier molecular flexibility index (Phi) is 5.07. The molecule has 0 saturated carbocycles. The van der Waals surface area contributed by atoms with Crippen LogP contribution >= 0.6 is 0 Å². The Morgan fingerprint density at radius 2 is 1.48 bits per heavy atom. The van der Waals surface area contributed by atoms with Gasteiger partial charge < -0.3 is 0 Å². The van der Waals surface area contributed by atoms with E-state index in [1.165, 1.54) is 6.07 Å². The number of halogens is 4. The Hall–Kier alpha value is -2.36. The van der Waals surface area contributed by atoms with Crippen LogP contribution in [0.3, 0.4) is 0 Å². The molecule has 0 atom stereocenters. The van der Waals surface area contributed by atoms with Crippen LogP contribution in [0, 0.1) is 23.3 Å². The van der Waals surface area contributed by atoms with Crippen LogP contribution < -0.4 is 0 Å². The highest BCUT2D eigenvalue weighted by molar-refractivity contribution is 5.88. The standard InChI is InChI=1S/C21H18F4/c1-2-3-4-5-13-6-8-16-14(10-13)7-9-17(20(16)24)15-11-18(22)21(25)19(23)12-15/h6-12H,2-5H2,1H3. The maximum Gasteiger partial charge on any atom is 0.194 e. The van der Waals surface area contributed by atoms with Gasteiger partial charge in [0.1, 0.15) is 5.82 Å². The topological polar surface area (TPSA) is 0 Å². The molecule has 0 aromatic heterocycles. The lowest BCUT2D eigenvalue weighted by Gasteiger charge is -2.09. The SMILES string of the molecule is CCCCCc1ccc2c(F)c(-c3cc(F)c(F)c(F)c3)ccc2c1. The van der Waals surface area contributed by atoms with Crippen LogP contribution in [0.2, 0.25) is 0 Å². The van der Waals surface area contributed by atoms with Crippen molar-refractivity contribution in [3.8, 4) is 11.1 Å². The van der Waals surface area contributed by atoms with Gasteiger partial charge in [0.25, 0.3) is 0 Å². The van der Waals surface area contributed by atoms with E-state index in [-0.39, 0.29) is 11.1 Å². The van der Waals surface area contributed by atoms with Crippen molar-refractivity contribution in [2.45, 2.75) is 32.6 Å². The third-order valence-electron chi connectivity index (χ3n) is 4.38. The molecule has 0 N–H and O–H groups in total.